The fraction of sp³-hybridized carbons (Fsp3) is 0.500. The summed E-state index contributed by atoms with van der Waals surface area (Å²) in [5.41, 5.74) is 6.51. The lowest BCUT2D eigenvalue weighted by Gasteiger charge is -2.27. The van der Waals surface area contributed by atoms with E-state index in [1.54, 1.807) is 0 Å². The quantitative estimate of drug-likeness (QED) is 0.732. The monoisotopic (exact) mass is 193 g/mol. The van der Waals surface area contributed by atoms with Crippen molar-refractivity contribution in [1.29, 1.82) is 0 Å². The van der Waals surface area contributed by atoms with Gasteiger partial charge < -0.3 is 10.5 Å². The molecule has 1 atom stereocenters. The number of rotatable bonds is 2. The highest BCUT2D eigenvalue weighted by Crippen LogP contribution is 2.24. The van der Waals surface area contributed by atoms with Gasteiger partial charge >= 0.3 is 0 Å². The predicted molar refractivity (Wildman–Crippen MR) is 60.4 cm³/mol. The smallest absolute Gasteiger partial charge is 0.119 e. The molecular weight excluding hydrogens is 174 g/mol. The maximum absolute atomic E-state index is 5.78. The number of hydrogen-bond donors (Lipinski definition) is 1. The van der Waals surface area contributed by atoms with E-state index in [4.69, 9.17) is 10.5 Å². The summed E-state index contributed by atoms with van der Waals surface area (Å²) < 4.78 is 5.78. The molecule has 0 saturated carbocycles. The number of benzene rings is 1. The Hall–Kier alpha value is -1.18. The Morgan fingerprint density at radius 3 is 2.07 bits per heavy atom. The van der Waals surface area contributed by atoms with Gasteiger partial charge in [0.2, 0.25) is 0 Å². The van der Waals surface area contributed by atoms with Gasteiger partial charge in [-0.15, -0.1) is 0 Å². The fourth-order valence-electron chi connectivity index (χ4n) is 0.927. The summed E-state index contributed by atoms with van der Waals surface area (Å²) in [6.07, 6.45) is 0.186. The molecule has 1 aromatic rings. The molecule has 0 heterocycles. The second kappa shape index (κ2) is 3.91. The third-order valence-corrected chi connectivity index (χ3v) is 2.41. The molecular formula is C12H19NO. The molecule has 1 aromatic carbocycles. The van der Waals surface area contributed by atoms with Crippen LogP contribution in [0.3, 0.4) is 0 Å². The summed E-state index contributed by atoms with van der Waals surface area (Å²) in [7, 11) is 0. The number of nitrogens with two attached hydrogens (primary N) is 1. The van der Waals surface area contributed by atoms with Crippen LogP contribution < -0.4 is 10.5 Å². The lowest BCUT2D eigenvalue weighted by Crippen LogP contribution is -2.28. The molecule has 0 bridgehead atoms. The van der Waals surface area contributed by atoms with Gasteiger partial charge in [-0.1, -0.05) is 20.8 Å². The van der Waals surface area contributed by atoms with Crippen LogP contribution in [0.15, 0.2) is 24.3 Å². The van der Waals surface area contributed by atoms with Crippen molar-refractivity contribution in [1.82, 2.24) is 0 Å². The molecule has 0 saturated heterocycles. The van der Waals surface area contributed by atoms with Crippen LogP contribution in [0, 0.1) is 5.41 Å². The Kier molecular flexibility index (Phi) is 3.04. The minimum Gasteiger partial charge on any atom is -0.490 e. The van der Waals surface area contributed by atoms with E-state index >= 15 is 0 Å². The van der Waals surface area contributed by atoms with Crippen molar-refractivity contribution in [2.75, 3.05) is 5.73 Å². The van der Waals surface area contributed by atoms with Gasteiger partial charge in [-0.3, -0.25) is 0 Å². The summed E-state index contributed by atoms with van der Waals surface area (Å²) in [5, 5.41) is 0. The topological polar surface area (TPSA) is 35.2 Å². The normalized spacial score (nSPS) is 13.7. The van der Waals surface area contributed by atoms with Crippen molar-refractivity contribution >= 4 is 5.69 Å². The van der Waals surface area contributed by atoms with Crippen LogP contribution in [0.2, 0.25) is 0 Å². The molecule has 0 aliphatic heterocycles. The number of ether oxygens (including phenoxy) is 1. The van der Waals surface area contributed by atoms with Crippen LogP contribution in [0.25, 0.3) is 0 Å². The lowest BCUT2D eigenvalue weighted by molar-refractivity contribution is 0.104. The van der Waals surface area contributed by atoms with Crippen molar-refractivity contribution in [2.24, 2.45) is 5.41 Å². The molecule has 0 fully saturated rings. The molecule has 0 aliphatic rings. The first-order valence-corrected chi connectivity index (χ1v) is 4.92. The number of anilines is 1. The van der Waals surface area contributed by atoms with E-state index in [2.05, 4.69) is 27.7 Å². The first-order valence-electron chi connectivity index (χ1n) is 4.92. The highest BCUT2D eigenvalue weighted by atomic mass is 16.5. The van der Waals surface area contributed by atoms with Gasteiger partial charge in [-0.05, 0) is 36.6 Å². The molecule has 0 aliphatic carbocycles. The van der Waals surface area contributed by atoms with Crippen LogP contribution in [0.1, 0.15) is 27.7 Å². The first kappa shape index (κ1) is 10.9. The minimum atomic E-state index is 0.154. The van der Waals surface area contributed by atoms with Gasteiger partial charge in [0.05, 0.1) is 0 Å². The van der Waals surface area contributed by atoms with E-state index in [0.29, 0.717) is 0 Å². The third-order valence-electron chi connectivity index (χ3n) is 2.41. The molecule has 1 unspecified atom stereocenters. The molecule has 14 heavy (non-hydrogen) atoms. The van der Waals surface area contributed by atoms with Gasteiger partial charge in [0.1, 0.15) is 11.9 Å². The van der Waals surface area contributed by atoms with E-state index in [9.17, 15) is 0 Å². The average Bonchev–Trinajstić information content (AvgIpc) is 2.07. The second-order valence-electron chi connectivity index (χ2n) is 4.70. The average molecular weight is 193 g/mol. The standard InChI is InChI=1S/C12H19NO/c1-9(12(2,3)4)14-11-7-5-10(13)6-8-11/h5-9H,13H2,1-4H3. The maximum Gasteiger partial charge on any atom is 0.119 e. The molecule has 0 aromatic heterocycles. The summed E-state index contributed by atoms with van der Waals surface area (Å²) in [4.78, 5) is 0. The molecule has 2 nitrogen and oxygen atoms in total. The van der Waals surface area contributed by atoms with E-state index in [-0.39, 0.29) is 11.5 Å². The maximum atomic E-state index is 5.78. The molecule has 0 spiro atoms. The zero-order valence-electron chi connectivity index (χ0n) is 9.37. The Balaban J connectivity index is 2.65. The van der Waals surface area contributed by atoms with Gasteiger partial charge in [-0.2, -0.15) is 0 Å². The second-order valence-corrected chi connectivity index (χ2v) is 4.70. The van der Waals surface area contributed by atoms with E-state index in [0.717, 1.165) is 11.4 Å². The zero-order chi connectivity index (χ0) is 10.8. The SMILES string of the molecule is CC(Oc1ccc(N)cc1)C(C)(C)C. The molecule has 78 valence electrons. The van der Waals surface area contributed by atoms with Gasteiger partial charge in [0, 0.05) is 5.69 Å². The largest absolute Gasteiger partial charge is 0.490 e. The predicted octanol–water partition coefficient (Wildman–Crippen LogP) is 3.08. The number of nitrogen functional groups attached to an aromatic ring is 1. The van der Waals surface area contributed by atoms with Crippen molar-refractivity contribution in [2.45, 2.75) is 33.8 Å². The summed E-state index contributed by atoms with van der Waals surface area (Å²) >= 11 is 0. The lowest BCUT2D eigenvalue weighted by atomic mass is 9.90. The Bertz CT molecular complexity index is 284. The van der Waals surface area contributed by atoms with Crippen LogP contribution in [-0.2, 0) is 0 Å². The van der Waals surface area contributed by atoms with Crippen molar-refractivity contribution in [3.63, 3.8) is 0 Å². The van der Waals surface area contributed by atoms with Crippen LogP contribution in [0.5, 0.6) is 5.75 Å². The van der Waals surface area contributed by atoms with Crippen LogP contribution >= 0.6 is 0 Å². The Morgan fingerprint density at radius 2 is 1.64 bits per heavy atom. The minimum absolute atomic E-state index is 0.154. The first-order chi connectivity index (χ1) is 6.39. The molecule has 0 amide bonds. The highest BCUT2D eigenvalue weighted by Gasteiger charge is 2.21. The summed E-state index contributed by atoms with van der Waals surface area (Å²) in [6, 6.07) is 7.50. The Morgan fingerprint density at radius 1 is 1.14 bits per heavy atom. The van der Waals surface area contributed by atoms with Gasteiger partial charge in [-0.25, -0.2) is 0 Å². The number of hydrogen-bond acceptors (Lipinski definition) is 2. The summed E-state index contributed by atoms with van der Waals surface area (Å²) in [6.45, 7) is 8.56. The highest BCUT2D eigenvalue weighted by molar-refractivity contribution is 5.41. The van der Waals surface area contributed by atoms with Gasteiger partial charge in [0.15, 0.2) is 0 Å². The van der Waals surface area contributed by atoms with Crippen molar-refractivity contribution < 1.29 is 4.74 Å². The van der Waals surface area contributed by atoms with E-state index in [1.807, 2.05) is 24.3 Å². The van der Waals surface area contributed by atoms with Crippen LogP contribution in [0.4, 0.5) is 5.69 Å². The van der Waals surface area contributed by atoms with Crippen molar-refractivity contribution in [3.8, 4) is 5.75 Å². The summed E-state index contributed by atoms with van der Waals surface area (Å²) in [5.74, 6) is 0.877. The Labute approximate surface area is 86.1 Å². The van der Waals surface area contributed by atoms with E-state index in [1.165, 1.54) is 0 Å². The van der Waals surface area contributed by atoms with Crippen LogP contribution in [-0.4, -0.2) is 6.10 Å². The molecule has 1 rings (SSSR count). The zero-order valence-corrected chi connectivity index (χ0v) is 9.37. The molecule has 0 radical (unpaired) electrons. The fourth-order valence-corrected chi connectivity index (χ4v) is 0.927. The molecule has 2 heteroatoms. The molecule has 2 N–H and O–H groups in total. The van der Waals surface area contributed by atoms with Crippen molar-refractivity contribution in [3.05, 3.63) is 24.3 Å². The van der Waals surface area contributed by atoms with E-state index < -0.39 is 0 Å². The third kappa shape index (κ3) is 2.95. The van der Waals surface area contributed by atoms with Gasteiger partial charge in [0.25, 0.3) is 0 Å².